The second-order valence-corrected chi connectivity index (χ2v) is 6.05. The van der Waals surface area contributed by atoms with Crippen molar-refractivity contribution < 1.29 is 0 Å². The molecule has 1 aromatic carbocycles. The fourth-order valence-electron chi connectivity index (χ4n) is 2.65. The third kappa shape index (κ3) is 3.35. The highest BCUT2D eigenvalue weighted by Crippen LogP contribution is 2.16. The molecule has 21 heavy (non-hydrogen) atoms. The molecule has 0 atom stereocenters. The lowest BCUT2D eigenvalue weighted by Gasteiger charge is -2.03. The maximum absolute atomic E-state index is 4.43. The van der Waals surface area contributed by atoms with Gasteiger partial charge in [0.25, 0.3) is 0 Å². The number of fused-ring (bicyclic) bond motifs is 1. The minimum atomic E-state index is 0.561. The van der Waals surface area contributed by atoms with E-state index in [-0.39, 0.29) is 0 Å². The normalized spacial score (nSPS) is 11.6. The number of unbranched alkanes of at least 4 members (excludes halogenated alkanes) is 1. The van der Waals surface area contributed by atoms with Gasteiger partial charge in [-0.15, -0.1) is 0 Å². The van der Waals surface area contributed by atoms with E-state index >= 15 is 0 Å². The van der Waals surface area contributed by atoms with Crippen LogP contribution in [0.15, 0.2) is 42.9 Å². The first-order chi connectivity index (χ1) is 10.2. The maximum atomic E-state index is 4.43. The van der Waals surface area contributed by atoms with E-state index in [0.29, 0.717) is 5.92 Å². The van der Waals surface area contributed by atoms with E-state index in [1.807, 2.05) is 12.4 Å². The molecule has 3 rings (SSSR count). The summed E-state index contributed by atoms with van der Waals surface area (Å²) in [6.07, 6.45) is 9.66. The van der Waals surface area contributed by atoms with Crippen molar-refractivity contribution >= 4 is 10.9 Å². The highest BCUT2D eigenvalue weighted by atomic mass is 15.3. The third-order valence-electron chi connectivity index (χ3n) is 4.04. The van der Waals surface area contributed by atoms with E-state index in [9.17, 15) is 0 Å². The summed E-state index contributed by atoms with van der Waals surface area (Å²) in [4.78, 5) is 3.28. The van der Waals surface area contributed by atoms with Gasteiger partial charge in [-0.2, -0.15) is 5.10 Å². The van der Waals surface area contributed by atoms with Crippen LogP contribution in [0.5, 0.6) is 0 Å². The van der Waals surface area contributed by atoms with Gasteiger partial charge in [0.15, 0.2) is 0 Å². The largest absolute Gasteiger partial charge is 0.361 e. The summed E-state index contributed by atoms with van der Waals surface area (Å²) in [6, 6.07) is 8.81. The molecule has 2 aromatic heterocycles. The van der Waals surface area contributed by atoms with Crippen LogP contribution in [0, 0.1) is 0 Å². The Morgan fingerprint density at radius 3 is 2.90 bits per heavy atom. The van der Waals surface area contributed by atoms with Gasteiger partial charge in [-0.05, 0) is 53.8 Å². The van der Waals surface area contributed by atoms with Crippen molar-refractivity contribution in [2.45, 2.75) is 45.6 Å². The topological polar surface area (TPSA) is 33.6 Å². The quantitative estimate of drug-likeness (QED) is 0.663. The number of hydrogen-bond acceptors (Lipinski definition) is 1. The van der Waals surface area contributed by atoms with Gasteiger partial charge in [0.1, 0.15) is 0 Å². The second-order valence-electron chi connectivity index (χ2n) is 6.05. The molecule has 3 nitrogen and oxygen atoms in total. The number of hydrogen-bond donors (Lipinski definition) is 1. The van der Waals surface area contributed by atoms with E-state index in [1.54, 1.807) is 0 Å². The molecule has 2 heterocycles. The molecular formula is C18H23N3. The van der Waals surface area contributed by atoms with Crippen molar-refractivity contribution in [3.05, 3.63) is 54.0 Å². The van der Waals surface area contributed by atoms with Crippen LogP contribution in [0.2, 0.25) is 0 Å². The van der Waals surface area contributed by atoms with Crippen LogP contribution in [0.25, 0.3) is 10.9 Å². The van der Waals surface area contributed by atoms with E-state index in [2.05, 4.69) is 59.1 Å². The number of nitrogens with zero attached hydrogens (tertiary/aromatic N) is 2. The lowest BCUT2D eigenvalue weighted by Crippen LogP contribution is -1.99. The Bertz CT molecular complexity index is 706. The zero-order valence-electron chi connectivity index (χ0n) is 12.8. The first-order valence-electron chi connectivity index (χ1n) is 7.81. The summed E-state index contributed by atoms with van der Waals surface area (Å²) < 4.78 is 2.07. The zero-order valence-corrected chi connectivity index (χ0v) is 12.8. The van der Waals surface area contributed by atoms with Gasteiger partial charge < -0.3 is 4.98 Å². The molecule has 0 spiro atoms. The van der Waals surface area contributed by atoms with E-state index in [1.165, 1.54) is 34.9 Å². The van der Waals surface area contributed by atoms with Crippen LogP contribution in [-0.4, -0.2) is 14.8 Å². The number of H-pyrrole nitrogens is 1. The number of aromatic nitrogens is 3. The van der Waals surface area contributed by atoms with Gasteiger partial charge in [0, 0.05) is 24.5 Å². The molecule has 0 aliphatic heterocycles. The lowest BCUT2D eigenvalue weighted by atomic mass is 10.1. The average molecular weight is 281 g/mol. The molecule has 0 aliphatic rings. The molecule has 0 unspecified atom stereocenters. The SMILES string of the molecule is CC(C)c1cnn(CCCCc2ccc3cc[nH]c3c2)c1. The summed E-state index contributed by atoms with van der Waals surface area (Å²) in [6.45, 7) is 5.42. The van der Waals surface area contributed by atoms with Gasteiger partial charge in [-0.3, -0.25) is 4.68 Å². The molecule has 1 N–H and O–H groups in total. The minimum Gasteiger partial charge on any atom is -0.361 e. The fraction of sp³-hybridized carbons (Fsp3) is 0.389. The monoisotopic (exact) mass is 281 g/mol. The molecule has 3 aromatic rings. The summed E-state index contributed by atoms with van der Waals surface area (Å²) in [5, 5.41) is 5.72. The summed E-state index contributed by atoms with van der Waals surface area (Å²) in [5.41, 5.74) is 3.97. The van der Waals surface area contributed by atoms with Crippen molar-refractivity contribution in [2.24, 2.45) is 0 Å². The van der Waals surface area contributed by atoms with E-state index in [4.69, 9.17) is 0 Å². The first-order valence-corrected chi connectivity index (χ1v) is 7.81. The predicted molar refractivity (Wildman–Crippen MR) is 87.6 cm³/mol. The van der Waals surface area contributed by atoms with Gasteiger partial charge in [0.05, 0.1) is 6.20 Å². The van der Waals surface area contributed by atoms with Crippen LogP contribution in [0.1, 0.15) is 43.7 Å². The summed E-state index contributed by atoms with van der Waals surface area (Å²) in [5.74, 6) is 0.561. The van der Waals surface area contributed by atoms with Gasteiger partial charge in [0.2, 0.25) is 0 Å². The van der Waals surface area contributed by atoms with Crippen molar-refractivity contribution in [3.8, 4) is 0 Å². The molecule has 0 radical (unpaired) electrons. The molecular weight excluding hydrogens is 258 g/mol. The molecule has 0 saturated heterocycles. The Labute approximate surface area is 126 Å². The van der Waals surface area contributed by atoms with Crippen LogP contribution in [0.3, 0.4) is 0 Å². The zero-order chi connectivity index (χ0) is 14.7. The van der Waals surface area contributed by atoms with Crippen molar-refractivity contribution in [1.82, 2.24) is 14.8 Å². The Morgan fingerprint density at radius 2 is 2.10 bits per heavy atom. The van der Waals surface area contributed by atoms with Crippen molar-refractivity contribution in [2.75, 3.05) is 0 Å². The fourth-order valence-corrected chi connectivity index (χ4v) is 2.65. The highest BCUT2D eigenvalue weighted by molar-refractivity contribution is 5.79. The van der Waals surface area contributed by atoms with Gasteiger partial charge in [-0.1, -0.05) is 26.0 Å². The highest BCUT2D eigenvalue weighted by Gasteiger charge is 2.03. The Morgan fingerprint density at radius 1 is 1.19 bits per heavy atom. The molecule has 0 amide bonds. The summed E-state index contributed by atoms with van der Waals surface area (Å²) in [7, 11) is 0. The molecule has 0 fully saturated rings. The molecule has 3 heteroatoms. The van der Waals surface area contributed by atoms with Crippen LogP contribution in [0.4, 0.5) is 0 Å². The van der Waals surface area contributed by atoms with E-state index in [0.717, 1.165) is 13.0 Å². The second kappa shape index (κ2) is 6.17. The average Bonchev–Trinajstić information content (AvgIpc) is 3.12. The number of aryl methyl sites for hydroxylation is 2. The van der Waals surface area contributed by atoms with Crippen LogP contribution < -0.4 is 0 Å². The van der Waals surface area contributed by atoms with Crippen molar-refractivity contribution in [3.63, 3.8) is 0 Å². The van der Waals surface area contributed by atoms with E-state index < -0.39 is 0 Å². The molecule has 0 bridgehead atoms. The minimum absolute atomic E-state index is 0.561. The lowest BCUT2D eigenvalue weighted by molar-refractivity contribution is 0.557. The standard InChI is InChI=1S/C18H23N3/c1-14(2)17-12-20-21(13-17)10-4-3-5-15-6-7-16-8-9-19-18(16)11-15/h6-9,11-14,19H,3-5,10H2,1-2H3. The number of benzene rings is 1. The number of aromatic amines is 1. The molecule has 110 valence electrons. The van der Waals surface area contributed by atoms with Crippen LogP contribution >= 0.6 is 0 Å². The summed E-state index contributed by atoms with van der Waals surface area (Å²) >= 11 is 0. The number of nitrogens with one attached hydrogen (secondary N) is 1. The first kappa shape index (κ1) is 13.9. The van der Waals surface area contributed by atoms with Gasteiger partial charge >= 0.3 is 0 Å². The third-order valence-corrected chi connectivity index (χ3v) is 4.04. The Kier molecular flexibility index (Phi) is 4.09. The van der Waals surface area contributed by atoms with Gasteiger partial charge in [-0.25, -0.2) is 0 Å². The Hall–Kier alpha value is -2.03. The molecule has 0 aliphatic carbocycles. The maximum Gasteiger partial charge on any atom is 0.0524 e. The van der Waals surface area contributed by atoms with Crippen molar-refractivity contribution in [1.29, 1.82) is 0 Å². The predicted octanol–water partition coefficient (Wildman–Crippen LogP) is 4.51. The molecule has 0 saturated carbocycles. The number of rotatable bonds is 6. The smallest absolute Gasteiger partial charge is 0.0524 e. The Balaban J connectivity index is 1.49. The van der Waals surface area contributed by atoms with Crippen LogP contribution in [-0.2, 0) is 13.0 Å².